The molecular formula is C15H21N5O. The Labute approximate surface area is 123 Å². The highest BCUT2D eigenvalue weighted by Crippen LogP contribution is 2.39. The number of rotatable bonds is 4. The van der Waals surface area contributed by atoms with Crippen molar-refractivity contribution >= 4 is 0 Å². The van der Waals surface area contributed by atoms with E-state index >= 15 is 0 Å². The topological polar surface area (TPSA) is 70.8 Å². The average molecular weight is 287 g/mol. The van der Waals surface area contributed by atoms with Crippen LogP contribution in [-0.4, -0.2) is 38.3 Å². The molecule has 1 saturated heterocycles. The summed E-state index contributed by atoms with van der Waals surface area (Å²) in [6.07, 6.45) is 8.71. The standard InChI is InChI=1S/C15H21N5O/c1-10(15-18-14(19-21-15)12-2-3-12)20-6-4-11(5-7-20)13-8-16-17-9-13/h8-12H,2-7H2,1H3,(H,16,17)/t10-/m0/s1. The molecule has 3 heterocycles. The van der Waals surface area contributed by atoms with E-state index in [1.807, 2.05) is 12.4 Å². The van der Waals surface area contributed by atoms with Gasteiger partial charge in [0.1, 0.15) is 0 Å². The van der Waals surface area contributed by atoms with Crippen molar-refractivity contribution in [3.63, 3.8) is 0 Å². The van der Waals surface area contributed by atoms with Gasteiger partial charge in [0.25, 0.3) is 0 Å². The van der Waals surface area contributed by atoms with E-state index in [1.165, 1.54) is 18.4 Å². The van der Waals surface area contributed by atoms with Crippen LogP contribution in [-0.2, 0) is 0 Å². The lowest BCUT2D eigenvalue weighted by atomic mass is 9.91. The molecule has 0 aromatic carbocycles. The molecule has 0 unspecified atom stereocenters. The first kappa shape index (κ1) is 13.0. The second-order valence-corrected chi connectivity index (χ2v) is 6.28. The van der Waals surface area contributed by atoms with Crippen molar-refractivity contribution in [2.45, 2.75) is 50.5 Å². The SMILES string of the molecule is C[C@@H](c1nc(C2CC2)no1)N1CCC(c2cn[nH]c2)CC1. The molecule has 1 atom stereocenters. The maximum absolute atomic E-state index is 5.46. The first-order valence-electron chi connectivity index (χ1n) is 7.87. The summed E-state index contributed by atoms with van der Waals surface area (Å²) in [4.78, 5) is 7.03. The summed E-state index contributed by atoms with van der Waals surface area (Å²) < 4.78 is 5.46. The van der Waals surface area contributed by atoms with Gasteiger partial charge in [0.15, 0.2) is 5.82 Å². The highest BCUT2D eigenvalue weighted by molar-refractivity contribution is 5.12. The summed E-state index contributed by atoms with van der Waals surface area (Å²) in [5, 5.41) is 11.1. The van der Waals surface area contributed by atoms with Crippen molar-refractivity contribution in [1.29, 1.82) is 0 Å². The van der Waals surface area contributed by atoms with Gasteiger partial charge in [-0.3, -0.25) is 10.00 Å². The number of hydrogen-bond donors (Lipinski definition) is 1. The molecule has 2 aromatic rings. The van der Waals surface area contributed by atoms with Crippen LogP contribution < -0.4 is 0 Å². The second-order valence-electron chi connectivity index (χ2n) is 6.28. The van der Waals surface area contributed by atoms with Crippen LogP contribution in [0.25, 0.3) is 0 Å². The van der Waals surface area contributed by atoms with Crippen LogP contribution >= 0.6 is 0 Å². The van der Waals surface area contributed by atoms with E-state index in [1.54, 1.807) is 0 Å². The number of hydrogen-bond acceptors (Lipinski definition) is 5. The second kappa shape index (κ2) is 5.26. The van der Waals surface area contributed by atoms with E-state index in [9.17, 15) is 0 Å². The van der Waals surface area contributed by atoms with Crippen molar-refractivity contribution < 1.29 is 4.52 Å². The van der Waals surface area contributed by atoms with Crippen molar-refractivity contribution in [1.82, 2.24) is 25.2 Å². The quantitative estimate of drug-likeness (QED) is 0.936. The monoisotopic (exact) mass is 287 g/mol. The Kier molecular flexibility index (Phi) is 3.25. The lowest BCUT2D eigenvalue weighted by Gasteiger charge is -2.34. The van der Waals surface area contributed by atoms with Crippen molar-refractivity contribution in [2.75, 3.05) is 13.1 Å². The van der Waals surface area contributed by atoms with Gasteiger partial charge in [-0.2, -0.15) is 10.1 Å². The molecule has 1 aliphatic carbocycles. The molecule has 0 bridgehead atoms. The molecular weight excluding hydrogens is 266 g/mol. The maximum atomic E-state index is 5.46. The Bertz CT molecular complexity index is 581. The number of H-pyrrole nitrogens is 1. The van der Waals surface area contributed by atoms with Gasteiger partial charge < -0.3 is 4.52 Å². The third kappa shape index (κ3) is 2.60. The Morgan fingerprint density at radius 1 is 1.24 bits per heavy atom. The van der Waals surface area contributed by atoms with Crippen LogP contribution in [0.1, 0.15) is 67.8 Å². The van der Waals surface area contributed by atoms with Gasteiger partial charge in [-0.05, 0) is 57.2 Å². The van der Waals surface area contributed by atoms with Gasteiger partial charge in [-0.25, -0.2) is 0 Å². The van der Waals surface area contributed by atoms with Gasteiger partial charge in [0, 0.05) is 12.1 Å². The number of nitrogens with one attached hydrogen (secondary N) is 1. The largest absolute Gasteiger partial charge is 0.338 e. The number of piperidine rings is 1. The predicted molar refractivity (Wildman–Crippen MR) is 76.8 cm³/mol. The molecule has 6 heteroatoms. The van der Waals surface area contributed by atoms with Crippen LogP contribution in [0.15, 0.2) is 16.9 Å². The van der Waals surface area contributed by atoms with Crippen LogP contribution in [0.3, 0.4) is 0 Å². The van der Waals surface area contributed by atoms with E-state index < -0.39 is 0 Å². The molecule has 2 aromatic heterocycles. The van der Waals surface area contributed by atoms with Gasteiger partial charge in [0.05, 0.1) is 12.2 Å². The van der Waals surface area contributed by atoms with Gasteiger partial charge in [-0.1, -0.05) is 5.16 Å². The zero-order valence-corrected chi connectivity index (χ0v) is 12.3. The molecule has 0 amide bonds. The molecule has 1 saturated carbocycles. The molecule has 21 heavy (non-hydrogen) atoms. The van der Waals surface area contributed by atoms with E-state index in [0.717, 1.165) is 37.6 Å². The minimum atomic E-state index is 0.218. The molecule has 2 fully saturated rings. The fraction of sp³-hybridized carbons (Fsp3) is 0.667. The van der Waals surface area contributed by atoms with Crippen LogP contribution in [0.2, 0.25) is 0 Å². The first-order valence-corrected chi connectivity index (χ1v) is 7.87. The van der Waals surface area contributed by atoms with Gasteiger partial charge >= 0.3 is 0 Å². The van der Waals surface area contributed by atoms with E-state index in [-0.39, 0.29) is 6.04 Å². The summed E-state index contributed by atoms with van der Waals surface area (Å²) in [5.41, 5.74) is 1.33. The van der Waals surface area contributed by atoms with Crippen LogP contribution in [0, 0.1) is 0 Å². The smallest absolute Gasteiger partial charge is 0.243 e. The lowest BCUT2D eigenvalue weighted by Crippen LogP contribution is -2.35. The summed E-state index contributed by atoms with van der Waals surface area (Å²) in [7, 11) is 0. The summed E-state index contributed by atoms with van der Waals surface area (Å²) in [6.45, 7) is 4.30. The van der Waals surface area contributed by atoms with Gasteiger partial charge in [-0.15, -0.1) is 0 Å². The molecule has 6 nitrogen and oxygen atoms in total. The molecule has 2 aliphatic rings. The minimum absolute atomic E-state index is 0.218. The molecule has 0 spiro atoms. The number of likely N-dealkylation sites (tertiary alicyclic amines) is 1. The van der Waals surface area contributed by atoms with E-state index in [0.29, 0.717) is 11.8 Å². The lowest BCUT2D eigenvalue weighted by molar-refractivity contribution is 0.136. The molecule has 112 valence electrons. The molecule has 4 rings (SSSR count). The van der Waals surface area contributed by atoms with Crippen molar-refractivity contribution in [3.05, 3.63) is 29.7 Å². The van der Waals surface area contributed by atoms with Crippen molar-refractivity contribution in [3.8, 4) is 0 Å². The number of aromatic amines is 1. The summed E-state index contributed by atoms with van der Waals surface area (Å²) >= 11 is 0. The Hall–Kier alpha value is -1.69. The highest BCUT2D eigenvalue weighted by Gasteiger charge is 2.32. The molecule has 1 N–H and O–H groups in total. The Morgan fingerprint density at radius 3 is 2.71 bits per heavy atom. The third-order valence-corrected chi connectivity index (χ3v) is 4.83. The van der Waals surface area contributed by atoms with Crippen LogP contribution in [0.4, 0.5) is 0 Å². The third-order valence-electron chi connectivity index (χ3n) is 4.83. The minimum Gasteiger partial charge on any atom is -0.338 e. The Morgan fingerprint density at radius 2 is 2.05 bits per heavy atom. The highest BCUT2D eigenvalue weighted by atomic mass is 16.5. The summed E-state index contributed by atoms with van der Waals surface area (Å²) in [5.74, 6) is 2.86. The van der Waals surface area contributed by atoms with E-state index in [4.69, 9.17) is 4.52 Å². The predicted octanol–water partition coefficient (Wildman–Crippen LogP) is 2.61. The van der Waals surface area contributed by atoms with Crippen molar-refractivity contribution in [2.24, 2.45) is 0 Å². The van der Waals surface area contributed by atoms with Crippen LogP contribution in [0.5, 0.6) is 0 Å². The average Bonchev–Trinajstić information content (AvgIpc) is 3.05. The first-order chi connectivity index (χ1) is 10.3. The molecule has 1 aliphatic heterocycles. The maximum Gasteiger partial charge on any atom is 0.243 e. The summed E-state index contributed by atoms with van der Waals surface area (Å²) in [6, 6.07) is 0.218. The zero-order chi connectivity index (χ0) is 14.2. The van der Waals surface area contributed by atoms with E-state index in [2.05, 4.69) is 32.2 Å². The Balaban J connectivity index is 1.38. The zero-order valence-electron chi connectivity index (χ0n) is 12.3. The number of aromatic nitrogens is 4. The normalized spacial score (nSPS) is 22.5. The molecule has 0 radical (unpaired) electrons. The fourth-order valence-electron chi connectivity index (χ4n) is 3.18. The fourth-order valence-corrected chi connectivity index (χ4v) is 3.18. The van der Waals surface area contributed by atoms with Gasteiger partial charge in [0.2, 0.25) is 5.89 Å². The number of nitrogens with zero attached hydrogens (tertiary/aromatic N) is 4.